The Morgan fingerprint density at radius 3 is 1.68 bits per heavy atom. The highest BCUT2D eigenvalue weighted by molar-refractivity contribution is 6.00. The zero-order chi connectivity index (χ0) is 21.4. The number of esters is 2. The van der Waals surface area contributed by atoms with Crippen LogP contribution in [0.1, 0.15) is 119 Å². The lowest BCUT2D eigenvalue weighted by molar-refractivity contribution is -0.178. The van der Waals surface area contributed by atoms with E-state index in [4.69, 9.17) is 9.47 Å². The number of rotatable bonds is 17. The third kappa shape index (κ3) is 9.43. The highest BCUT2D eigenvalue weighted by Gasteiger charge is 2.46. The number of ether oxygens (including phenoxy) is 2. The molecule has 1 atom stereocenters. The molecule has 0 rings (SSSR count). The number of hydrogen-bond acceptors (Lipinski definition) is 4. The van der Waals surface area contributed by atoms with Gasteiger partial charge in [0.2, 0.25) is 0 Å². The van der Waals surface area contributed by atoms with Crippen molar-refractivity contribution in [2.75, 3.05) is 6.61 Å². The fraction of sp³-hybridized carbons (Fsp3) is 0.917. The average molecular weight is 399 g/mol. The van der Waals surface area contributed by atoms with Crippen molar-refractivity contribution in [3.05, 3.63) is 0 Å². The van der Waals surface area contributed by atoms with E-state index in [0.717, 1.165) is 19.3 Å². The maximum atomic E-state index is 12.8. The van der Waals surface area contributed by atoms with Crippen molar-refractivity contribution in [1.82, 2.24) is 0 Å². The summed E-state index contributed by atoms with van der Waals surface area (Å²) in [5, 5.41) is 0. The van der Waals surface area contributed by atoms with Gasteiger partial charge in [-0.05, 0) is 31.6 Å². The van der Waals surface area contributed by atoms with Crippen LogP contribution in [0.15, 0.2) is 0 Å². The molecule has 0 spiro atoms. The molecule has 4 nitrogen and oxygen atoms in total. The van der Waals surface area contributed by atoms with Crippen LogP contribution in [0.5, 0.6) is 0 Å². The molecule has 0 aliphatic carbocycles. The Kier molecular flexibility index (Phi) is 15.2. The van der Waals surface area contributed by atoms with Gasteiger partial charge in [-0.25, -0.2) is 0 Å². The molecular weight excluding hydrogens is 352 g/mol. The molecule has 4 heteroatoms. The van der Waals surface area contributed by atoms with Crippen LogP contribution < -0.4 is 0 Å². The second-order valence-electron chi connectivity index (χ2n) is 8.35. The average Bonchev–Trinajstić information content (AvgIpc) is 2.68. The molecule has 0 radical (unpaired) electrons. The van der Waals surface area contributed by atoms with Gasteiger partial charge < -0.3 is 9.47 Å². The van der Waals surface area contributed by atoms with Gasteiger partial charge in [0.1, 0.15) is 6.10 Å². The first-order valence-electron chi connectivity index (χ1n) is 11.8. The minimum atomic E-state index is -1.17. The lowest BCUT2D eigenvalue weighted by Gasteiger charge is -2.30. The SMILES string of the molecule is CCCCCCCCCCCOC(=O)C(CC)(CC)C(=O)OC(CC)C(C)C. The Hall–Kier alpha value is -1.06. The normalized spacial score (nSPS) is 12.8. The molecule has 0 aliphatic heterocycles. The largest absolute Gasteiger partial charge is 0.465 e. The minimum Gasteiger partial charge on any atom is -0.465 e. The number of unbranched alkanes of at least 4 members (excludes halogenated alkanes) is 8. The molecular formula is C24H46O4. The van der Waals surface area contributed by atoms with Crippen molar-refractivity contribution < 1.29 is 19.1 Å². The van der Waals surface area contributed by atoms with Crippen molar-refractivity contribution in [3.63, 3.8) is 0 Å². The van der Waals surface area contributed by atoms with Gasteiger partial charge in [-0.1, -0.05) is 92.9 Å². The first-order chi connectivity index (χ1) is 13.4. The summed E-state index contributed by atoms with van der Waals surface area (Å²) in [7, 11) is 0. The third-order valence-corrected chi connectivity index (χ3v) is 5.87. The van der Waals surface area contributed by atoms with Crippen LogP contribution in [-0.4, -0.2) is 24.6 Å². The van der Waals surface area contributed by atoms with Crippen molar-refractivity contribution in [3.8, 4) is 0 Å². The Bertz CT molecular complexity index is 413. The van der Waals surface area contributed by atoms with Crippen molar-refractivity contribution in [2.24, 2.45) is 11.3 Å². The number of carbonyl (C=O) groups excluding carboxylic acids is 2. The molecule has 0 aliphatic rings. The van der Waals surface area contributed by atoms with Gasteiger partial charge in [0.25, 0.3) is 0 Å². The quantitative estimate of drug-likeness (QED) is 0.153. The summed E-state index contributed by atoms with van der Waals surface area (Å²) >= 11 is 0. The summed E-state index contributed by atoms with van der Waals surface area (Å²) < 4.78 is 11.2. The van der Waals surface area contributed by atoms with Crippen LogP contribution in [-0.2, 0) is 19.1 Å². The first kappa shape index (κ1) is 26.9. The van der Waals surface area contributed by atoms with Crippen LogP contribution in [0.2, 0.25) is 0 Å². The van der Waals surface area contributed by atoms with E-state index in [1.54, 1.807) is 0 Å². The van der Waals surface area contributed by atoms with E-state index in [1.807, 2.05) is 34.6 Å². The van der Waals surface area contributed by atoms with E-state index in [1.165, 1.54) is 44.9 Å². The zero-order valence-corrected chi connectivity index (χ0v) is 19.5. The van der Waals surface area contributed by atoms with Crippen molar-refractivity contribution >= 4 is 11.9 Å². The summed E-state index contributed by atoms with van der Waals surface area (Å²) in [5.41, 5.74) is -1.17. The van der Waals surface area contributed by atoms with Crippen LogP contribution in [0.3, 0.4) is 0 Å². The van der Waals surface area contributed by atoms with Crippen LogP contribution >= 0.6 is 0 Å². The summed E-state index contributed by atoms with van der Waals surface area (Å²) in [6, 6.07) is 0. The van der Waals surface area contributed by atoms with Crippen molar-refractivity contribution in [1.29, 1.82) is 0 Å². The minimum absolute atomic E-state index is 0.157. The molecule has 0 N–H and O–H groups in total. The fourth-order valence-electron chi connectivity index (χ4n) is 3.57. The van der Waals surface area contributed by atoms with E-state index in [9.17, 15) is 9.59 Å². The highest BCUT2D eigenvalue weighted by atomic mass is 16.6. The van der Waals surface area contributed by atoms with Crippen LogP contribution in [0, 0.1) is 11.3 Å². The fourth-order valence-corrected chi connectivity index (χ4v) is 3.57. The van der Waals surface area contributed by atoms with Gasteiger partial charge in [-0.15, -0.1) is 0 Å². The van der Waals surface area contributed by atoms with E-state index < -0.39 is 17.4 Å². The van der Waals surface area contributed by atoms with E-state index in [2.05, 4.69) is 6.92 Å². The molecule has 0 saturated carbocycles. The molecule has 28 heavy (non-hydrogen) atoms. The molecule has 0 aromatic heterocycles. The smallest absolute Gasteiger partial charge is 0.323 e. The molecule has 0 fully saturated rings. The molecule has 0 bridgehead atoms. The third-order valence-electron chi connectivity index (χ3n) is 5.87. The standard InChI is InChI=1S/C24H46O4/c1-7-11-12-13-14-15-16-17-18-19-27-22(25)24(9-3,10-4)23(26)28-21(8-2)20(5)6/h20-21H,7-19H2,1-6H3. The highest BCUT2D eigenvalue weighted by Crippen LogP contribution is 2.31. The Balaban J connectivity index is 4.34. The summed E-state index contributed by atoms with van der Waals surface area (Å²) in [4.78, 5) is 25.5. The monoisotopic (exact) mass is 398 g/mol. The Labute approximate surface area is 174 Å². The molecule has 0 saturated heterocycles. The summed E-state index contributed by atoms with van der Waals surface area (Å²) in [6.07, 6.45) is 12.4. The number of carbonyl (C=O) groups is 2. The lowest BCUT2D eigenvalue weighted by Crippen LogP contribution is -2.43. The van der Waals surface area contributed by atoms with Gasteiger partial charge >= 0.3 is 11.9 Å². The predicted molar refractivity (Wildman–Crippen MR) is 116 cm³/mol. The molecule has 0 heterocycles. The first-order valence-corrected chi connectivity index (χ1v) is 11.8. The maximum absolute atomic E-state index is 12.8. The predicted octanol–water partition coefficient (Wildman–Crippen LogP) is 6.84. The van der Waals surface area contributed by atoms with Crippen LogP contribution in [0.25, 0.3) is 0 Å². The summed E-state index contributed by atoms with van der Waals surface area (Å²) in [6.45, 7) is 12.4. The summed E-state index contributed by atoms with van der Waals surface area (Å²) in [5.74, 6) is -0.603. The van der Waals surface area contributed by atoms with E-state index in [-0.39, 0.29) is 12.0 Å². The van der Waals surface area contributed by atoms with Gasteiger partial charge in [0.05, 0.1) is 6.61 Å². The van der Waals surface area contributed by atoms with E-state index >= 15 is 0 Å². The molecule has 0 amide bonds. The zero-order valence-electron chi connectivity index (χ0n) is 19.5. The Morgan fingerprint density at radius 1 is 0.750 bits per heavy atom. The Morgan fingerprint density at radius 2 is 1.25 bits per heavy atom. The maximum Gasteiger partial charge on any atom is 0.323 e. The second kappa shape index (κ2) is 15.8. The second-order valence-corrected chi connectivity index (χ2v) is 8.35. The van der Waals surface area contributed by atoms with Gasteiger partial charge in [0, 0.05) is 0 Å². The topological polar surface area (TPSA) is 52.6 Å². The van der Waals surface area contributed by atoms with E-state index in [0.29, 0.717) is 19.4 Å². The van der Waals surface area contributed by atoms with Crippen molar-refractivity contribution in [2.45, 2.75) is 125 Å². The molecule has 166 valence electrons. The van der Waals surface area contributed by atoms with Crippen LogP contribution in [0.4, 0.5) is 0 Å². The number of hydrogen-bond donors (Lipinski definition) is 0. The molecule has 0 aromatic rings. The molecule has 0 aromatic carbocycles. The van der Waals surface area contributed by atoms with Gasteiger partial charge in [0.15, 0.2) is 5.41 Å². The van der Waals surface area contributed by atoms with Gasteiger partial charge in [-0.3, -0.25) is 9.59 Å². The molecule has 1 unspecified atom stereocenters. The lowest BCUT2D eigenvalue weighted by atomic mass is 9.82. The van der Waals surface area contributed by atoms with Gasteiger partial charge in [-0.2, -0.15) is 0 Å².